The van der Waals surface area contributed by atoms with Gasteiger partial charge in [-0.15, -0.1) is 11.3 Å². The Morgan fingerprint density at radius 3 is 2.10 bits per heavy atom. The van der Waals surface area contributed by atoms with Crippen LogP contribution in [0, 0.1) is 0 Å². The Kier molecular flexibility index (Phi) is 10.9. The SMILES string of the molecule is CC(OS(=O)(=O)F)=C(C(=O)OC(c1ccccc1)c1ccccc1)N1C(=O)[C@@H](NC(=O)Cc2ccccc2)[C@H]1SSc1nc2ccccc2s1. The molecular formula is C35H28FN3O7S4. The number of allylic oxidation sites excluding steroid dienone is 1. The number of hydrogen-bond acceptors (Lipinski definition) is 11. The predicted octanol–water partition coefficient (Wildman–Crippen LogP) is 6.73. The van der Waals surface area contributed by atoms with Gasteiger partial charge in [-0.25, -0.2) is 9.78 Å². The van der Waals surface area contributed by atoms with E-state index in [0.717, 1.165) is 38.4 Å². The number of β-lactam (4-membered cyclic amide) rings is 1. The first-order chi connectivity index (χ1) is 24.1. The molecule has 1 fully saturated rings. The van der Waals surface area contributed by atoms with E-state index in [1.54, 1.807) is 84.9 Å². The maximum atomic E-state index is 14.1. The molecule has 1 N–H and O–H groups in total. The molecule has 2 atom stereocenters. The molecule has 15 heteroatoms. The van der Waals surface area contributed by atoms with E-state index in [9.17, 15) is 26.7 Å². The summed E-state index contributed by atoms with van der Waals surface area (Å²) < 4.78 is 49.3. The number of aromatic nitrogens is 1. The van der Waals surface area contributed by atoms with Crippen molar-refractivity contribution >= 4 is 71.4 Å². The lowest BCUT2D eigenvalue weighted by Gasteiger charge is -2.46. The van der Waals surface area contributed by atoms with Gasteiger partial charge in [-0.1, -0.05) is 118 Å². The van der Waals surface area contributed by atoms with Crippen molar-refractivity contribution in [3.8, 4) is 0 Å². The van der Waals surface area contributed by atoms with Crippen molar-refractivity contribution in [2.45, 2.75) is 35.2 Å². The average molecular weight is 750 g/mol. The van der Waals surface area contributed by atoms with Gasteiger partial charge in [-0.2, -0.15) is 8.42 Å². The summed E-state index contributed by atoms with van der Waals surface area (Å²) in [7, 11) is -3.31. The van der Waals surface area contributed by atoms with Crippen molar-refractivity contribution in [3.63, 3.8) is 0 Å². The number of nitrogens with one attached hydrogen (secondary N) is 1. The highest BCUT2D eigenvalue weighted by molar-refractivity contribution is 8.77. The van der Waals surface area contributed by atoms with Gasteiger partial charge in [0, 0.05) is 0 Å². The number of fused-ring (bicyclic) bond motifs is 1. The maximum Gasteiger partial charge on any atom is 0.488 e. The van der Waals surface area contributed by atoms with Crippen molar-refractivity contribution in [2.24, 2.45) is 0 Å². The number of halogens is 1. The number of benzene rings is 4. The minimum atomic E-state index is -5.62. The molecule has 1 aliphatic heterocycles. The molecule has 5 aromatic rings. The van der Waals surface area contributed by atoms with Gasteiger partial charge >= 0.3 is 16.5 Å². The van der Waals surface area contributed by atoms with E-state index in [4.69, 9.17) is 4.74 Å². The molecule has 4 aromatic carbocycles. The van der Waals surface area contributed by atoms with Gasteiger partial charge in [0.1, 0.15) is 11.4 Å². The van der Waals surface area contributed by atoms with Crippen LogP contribution in [-0.2, 0) is 40.2 Å². The van der Waals surface area contributed by atoms with Crippen LogP contribution < -0.4 is 5.32 Å². The third kappa shape index (κ3) is 8.35. The number of hydrogen-bond donors (Lipinski definition) is 1. The van der Waals surface area contributed by atoms with E-state index in [1.165, 1.54) is 22.1 Å². The van der Waals surface area contributed by atoms with Crippen LogP contribution in [0.2, 0.25) is 0 Å². The summed E-state index contributed by atoms with van der Waals surface area (Å²) in [5.41, 5.74) is 2.02. The molecule has 2 amide bonds. The Balaban J connectivity index is 1.34. The number of esters is 1. The molecule has 0 unspecified atom stereocenters. The van der Waals surface area contributed by atoms with Crippen molar-refractivity contribution in [1.29, 1.82) is 0 Å². The quantitative estimate of drug-likeness (QED) is 0.0345. The summed E-state index contributed by atoms with van der Waals surface area (Å²) in [4.78, 5) is 46.7. The Bertz CT molecular complexity index is 2080. The zero-order valence-corrected chi connectivity index (χ0v) is 29.4. The average Bonchev–Trinajstić information content (AvgIpc) is 3.53. The van der Waals surface area contributed by atoms with Gasteiger partial charge in [0.05, 0.1) is 16.6 Å². The molecule has 0 spiro atoms. The van der Waals surface area contributed by atoms with Gasteiger partial charge in [-0.05, 0) is 46.5 Å². The molecule has 0 bridgehead atoms. The number of likely N-dealkylation sites (tertiary alicyclic amines) is 1. The summed E-state index contributed by atoms with van der Waals surface area (Å²) in [6, 6.07) is 32.9. The highest BCUT2D eigenvalue weighted by Crippen LogP contribution is 2.46. The largest absolute Gasteiger partial charge is 0.488 e. The van der Waals surface area contributed by atoms with Gasteiger partial charge < -0.3 is 14.2 Å². The Labute approximate surface area is 299 Å². The number of ether oxygens (including phenoxy) is 1. The topological polar surface area (TPSA) is 132 Å². The Hall–Kier alpha value is -4.70. The number of carbonyl (C=O) groups is 3. The van der Waals surface area contributed by atoms with Crippen LogP contribution in [0.4, 0.5) is 3.89 Å². The van der Waals surface area contributed by atoms with Gasteiger partial charge in [-0.3, -0.25) is 14.5 Å². The van der Waals surface area contributed by atoms with Crippen LogP contribution in [-0.4, -0.2) is 47.5 Å². The first-order valence-electron chi connectivity index (χ1n) is 15.1. The van der Waals surface area contributed by atoms with Gasteiger partial charge in [0.25, 0.3) is 5.91 Å². The smallest absolute Gasteiger partial charge is 0.448 e. The molecule has 256 valence electrons. The number of rotatable bonds is 13. The lowest BCUT2D eigenvalue weighted by atomic mass is 10.0. The van der Waals surface area contributed by atoms with E-state index in [2.05, 4.69) is 14.5 Å². The van der Waals surface area contributed by atoms with E-state index in [1.807, 2.05) is 30.3 Å². The number of amides is 2. The van der Waals surface area contributed by atoms with E-state index >= 15 is 0 Å². The molecular weight excluding hydrogens is 722 g/mol. The summed E-state index contributed by atoms with van der Waals surface area (Å²) in [5, 5.41) is 1.75. The molecule has 1 aromatic heterocycles. The highest BCUT2D eigenvalue weighted by Gasteiger charge is 2.53. The lowest BCUT2D eigenvalue weighted by molar-refractivity contribution is -0.154. The monoisotopic (exact) mass is 749 g/mol. The number of nitrogens with zero attached hydrogens (tertiary/aromatic N) is 2. The zero-order valence-electron chi connectivity index (χ0n) is 26.2. The van der Waals surface area contributed by atoms with E-state index < -0.39 is 57.3 Å². The predicted molar refractivity (Wildman–Crippen MR) is 190 cm³/mol. The number of carbonyl (C=O) groups excluding carboxylic acids is 3. The first kappa shape index (κ1) is 35.1. The molecule has 1 saturated heterocycles. The van der Waals surface area contributed by atoms with Crippen molar-refractivity contribution in [2.75, 3.05) is 0 Å². The van der Waals surface area contributed by atoms with Crippen molar-refractivity contribution < 1.29 is 35.6 Å². The van der Waals surface area contributed by atoms with Crippen LogP contribution in [0.1, 0.15) is 29.7 Å². The summed E-state index contributed by atoms with van der Waals surface area (Å²) in [6.07, 6.45) is -1.01. The lowest BCUT2D eigenvalue weighted by Crippen LogP contribution is -2.69. The standard InChI is InChI=1S/C35H28FN3O7S4/c1-22(46-50(36,43)44)30(34(42)45-31(24-15-7-3-8-16-24)25-17-9-4-10-18-25)39-32(41)29(38-28(40)21-23-13-5-2-6-14-23)33(39)48-49-35-37-26-19-11-12-20-27(26)47-35/h2-20,29,31,33H,21H2,1H3,(H,38,40)/t29-,33-/m1/s1. The molecule has 2 heterocycles. The minimum absolute atomic E-state index is 0.0180. The van der Waals surface area contributed by atoms with Crippen LogP contribution in [0.15, 0.2) is 131 Å². The van der Waals surface area contributed by atoms with Gasteiger partial charge in [0.2, 0.25) is 5.91 Å². The second-order valence-electron chi connectivity index (χ2n) is 10.9. The van der Waals surface area contributed by atoms with Crippen LogP contribution in [0.3, 0.4) is 0 Å². The van der Waals surface area contributed by atoms with Crippen molar-refractivity contribution in [3.05, 3.63) is 143 Å². The second kappa shape index (κ2) is 15.5. The third-order valence-electron chi connectivity index (χ3n) is 7.48. The van der Waals surface area contributed by atoms with Crippen LogP contribution >= 0.6 is 32.9 Å². The molecule has 1 aliphatic rings. The fourth-order valence-electron chi connectivity index (χ4n) is 5.26. The second-order valence-corrected chi connectivity index (χ2v) is 15.5. The third-order valence-corrected chi connectivity index (χ3v) is 11.9. The van der Waals surface area contributed by atoms with E-state index in [-0.39, 0.29) is 6.42 Å². The molecule has 0 saturated carbocycles. The molecule has 50 heavy (non-hydrogen) atoms. The Morgan fingerprint density at radius 2 is 1.50 bits per heavy atom. The number of para-hydroxylation sites is 1. The highest BCUT2D eigenvalue weighted by atomic mass is 33.1. The summed E-state index contributed by atoms with van der Waals surface area (Å²) in [6.45, 7) is 1.05. The fraction of sp³-hybridized carbons (Fsp3) is 0.143. The molecule has 6 rings (SSSR count). The van der Waals surface area contributed by atoms with Crippen LogP contribution in [0.5, 0.6) is 0 Å². The normalized spacial score (nSPS) is 16.5. The number of thiazole rings is 1. The molecule has 0 radical (unpaired) electrons. The summed E-state index contributed by atoms with van der Waals surface area (Å²) >= 11 is 1.41. The molecule has 0 aliphatic carbocycles. The fourth-order valence-corrected chi connectivity index (χ4v) is 9.56. The minimum Gasteiger partial charge on any atom is -0.448 e. The van der Waals surface area contributed by atoms with Gasteiger partial charge in [0.15, 0.2) is 21.9 Å². The van der Waals surface area contributed by atoms with Crippen LogP contribution in [0.25, 0.3) is 10.2 Å². The zero-order chi connectivity index (χ0) is 35.3. The summed E-state index contributed by atoms with van der Waals surface area (Å²) in [5.74, 6) is -3.08. The van der Waals surface area contributed by atoms with E-state index in [0.29, 0.717) is 15.5 Å². The Morgan fingerprint density at radius 1 is 0.920 bits per heavy atom. The first-order valence-corrected chi connectivity index (χ1v) is 19.4. The van der Waals surface area contributed by atoms with Crippen molar-refractivity contribution in [1.82, 2.24) is 15.2 Å². The maximum absolute atomic E-state index is 14.1. The molecule has 10 nitrogen and oxygen atoms in total.